The van der Waals surface area contributed by atoms with Gasteiger partial charge in [-0.1, -0.05) is 42.5 Å². The Hall–Kier alpha value is -2.47. The molecule has 3 nitrogen and oxygen atoms in total. The molecular weight excluding hydrogens is 258 g/mol. The first kappa shape index (κ1) is 13.5. The Labute approximate surface area is 126 Å². The first-order chi connectivity index (χ1) is 10.3. The molecule has 0 N–H and O–H groups in total. The zero-order valence-electron chi connectivity index (χ0n) is 12.2. The summed E-state index contributed by atoms with van der Waals surface area (Å²) in [5.74, 6) is -0.0948. The Bertz CT molecular complexity index is 645. The van der Waals surface area contributed by atoms with E-state index in [1.807, 2.05) is 30.3 Å². The van der Waals surface area contributed by atoms with Gasteiger partial charge < -0.3 is 9.80 Å². The summed E-state index contributed by atoms with van der Waals surface area (Å²) >= 11 is 0. The van der Waals surface area contributed by atoms with Crippen LogP contribution in [-0.4, -0.2) is 26.7 Å². The summed E-state index contributed by atoms with van der Waals surface area (Å²) in [5.41, 5.74) is 3.56. The number of fused-ring (bicyclic) bond motifs is 1. The third-order valence-electron chi connectivity index (χ3n) is 4.10. The molecule has 0 amide bonds. The molecule has 2 aromatic carbocycles. The van der Waals surface area contributed by atoms with Crippen LogP contribution < -0.4 is 9.80 Å². The minimum Gasteiger partial charge on any atom is -0.371 e. The Balaban J connectivity index is 1.85. The summed E-state index contributed by atoms with van der Waals surface area (Å²) < 4.78 is 0. The summed E-state index contributed by atoms with van der Waals surface area (Å²) in [6.07, 6.45) is 0. The molecule has 1 aliphatic heterocycles. The van der Waals surface area contributed by atoms with Gasteiger partial charge in [-0.05, 0) is 17.7 Å². The van der Waals surface area contributed by atoms with Crippen molar-refractivity contribution in [3.8, 4) is 6.07 Å². The quantitative estimate of drug-likeness (QED) is 0.862. The lowest BCUT2D eigenvalue weighted by Crippen LogP contribution is -2.41. The van der Waals surface area contributed by atoms with E-state index in [1.54, 1.807) is 0 Å². The van der Waals surface area contributed by atoms with Crippen molar-refractivity contribution in [3.63, 3.8) is 0 Å². The topological polar surface area (TPSA) is 30.3 Å². The lowest BCUT2D eigenvalue weighted by Gasteiger charge is -2.37. The Morgan fingerprint density at radius 2 is 1.67 bits per heavy atom. The molecule has 3 heteroatoms. The summed E-state index contributed by atoms with van der Waals surface area (Å²) in [6.45, 7) is 2.69. The molecule has 0 fully saturated rings. The molecule has 0 aliphatic carbocycles. The Morgan fingerprint density at radius 3 is 2.38 bits per heavy atom. The lowest BCUT2D eigenvalue weighted by molar-refractivity contribution is 0.700. The van der Waals surface area contributed by atoms with Gasteiger partial charge in [0, 0.05) is 26.7 Å². The van der Waals surface area contributed by atoms with Crippen LogP contribution in [0.4, 0.5) is 11.4 Å². The van der Waals surface area contributed by atoms with E-state index in [9.17, 15) is 5.26 Å². The molecule has 2 aromatic rings. The van der Waals surface area contributed by atoms with Gasteiger partial charge in [0.1, 0.15) is 0 Å². The molecule has 0 saturated heterocycles. The Kier molecular flexibility index (Phi) is 3.79. The van der Waals surface area contributed by atoms with Crippen LogP contribution in [0.3, 0.4) is 0 Å². The van der Waals surface area contributed by atoms with E-state index in [4.69, 9.17) is 0 Å². The largest absolute Gasteiger partial charge is 0.371 e. The first-order valence-electron chi connectivity index (χ1n) is 7.29. The first-order valence-corrected chi connectivity index (χ1v) is 7.29. The summed E-state index contributed by atoms with van der Waals surface area (Å²) in [6, 6.07) is 20.9. The highest BCUT2D eigenvalue weighted by Gasteiger charge is 2.23. The van der Waals surface area contributed by atoms with Crippen molar-refractivity contribution in [1.29, 1.82) is 5.26 Å². The molecule has 0 spiro atoms. The van der Waals surface area contributed by atoms with Gasteiger partial charge in [0.2, 0.25) is 0 Å². The fraction of sp³-hybridized carbons (Fsp3) is 0.278. The molecule has 0 bridgehead atoms. The maximum absolute atomic E-state index is 9.52. The number of likely N-dealkylation sites (N-methyl/N-ethyl adjacent to an activating group) is 1. The van der Waals surface area contributed by atoms with E-state index < -0.39 is 0 Å². The van der Waals surface area contributed by atoms with Crippen LogP contribution in [0.1, 0.15) is 11.5 Å². The normalized spacial score (nSPS) is 15.2. The molecular formula is C18H19N3. The van der Waals surface area contributed by atoms with Gasteiger partial charge in [-0.3, -0.25) is 0 Å². The third-order valence-corrected chi connectivity index (χ3v) is 4.10. The monoisotopic (exact) mass is 277 g/mol. The number of nitriles is 1. The second-order valence-corrected chi connectivity index (χ2v) is 5.45. The molecule has 0 aromatic heterocycles. The van der Waals surface area contributed by atoms with E-state index in [1.165, 1.54) is 11.4 Å². The van der Waals surface area contributed by atoms with Crippen molar-refractivity contribution < 1.29 is 0 Å². The second kappa shape index (κ2) is 5.88. The number of rotatable bonds is 3. The van der Waals surface area contributed by atoms with Crippen molar-refractivity contribution in [3.05, 3.63) is 60.2 Å². The van der Waals surface area contributed by atoms with Crippen LogP contribution in [0.25, 0.3) is 0 Å². The van der Waals surface area contributed by atoms with Gasteiger partial charge in [-0.2, -0.15) is 5.26 Å². The average Bonchev–Trinajstić information content (AvgIpc) is 2.55. The fourth-order valence-electron chi connectivity index (χ4n) is 2.88. The average molecular weight is 277 g/mol. The molecule has 0 saturated carbocycles. The molecule has 3 rings (SSSR count). The summed E-state index contributed by atoms with van der Waals surface area (Å²) in [4.78, 5) is 4.60. The fourth-order valence-corrected chi connectivity index (χ4v) is 2.88. The number of hydrogen-bond acceptors (Lipinski definition) is 3. The van der Waals surface area contributed by atoms with Gasteiger partial charge >= 0.3 is 0 Å². The lowest BCUT2D eigenvalue weighted by atomic mass is 9.99. The van der Waals surface area contributed by atoms with E-state index >= 15 is 0 Å². The highest BCUT2D eigenvalue weighted by atomic mass is 15.2. The van der Waals surface area contributed by atoms with Crippen LogP contribution in [0.5, 0.6) is 0 Å². The second-order valence-electron chi connectivity index (χ2n) is 5.45. The number of para-hydroxylation sites is 2. The molecule has 1 atom stereocenters. The number of benzene rings is 2. The van der Waals surface area contributed by atoms with Gasteiger partial charge in [0.05, 0.1) is 23.4 Å². The van der Waals surface area contributed by atoms with E-state index in [-0.39, 0.29) is 5.92 Å². The minimum absolute atomic E-state index is 0.0948. The molecule has 1 heterocycles. The summed E-state index contributed by atoms with van der Waals surface area (Å²) in [5, 5.41) is 9.52. The molecule has 21 heavy (non-hydrogen) atoms. The van der Waals surface area contributed by atoms with Gasteiger partial charge in [0.15, 0.2) is 0 Å². The van der Waals surface area contributed by atoms with Crippen LogP contribution in [0.15, 0.2) is 54.6 Å². The predicted molar refractivity (Wildman–Crippen MR) is 86.7 cm³/mol. The van der Waals surface area contributed by atoms with Crippen LogP contribution in [0, 0.1) is 11.3 Å². The van der Waals surface area contributed by atoms with E-state index in [2.05, 4.69) is 47.2 Å². The smallest absolute Gasteiger partial charge is 0.0887 e. The SMILES string of the molecule is CN1CCN(CC(C#N)c2ccccc2)c2ccccc21. The van der Waals surface area contributed by atoms with Gasteiger partial charge in [-0.25, -0.2) is 0 Å². The van der Waals surface area contributed by atoms with Crippen molar-refractivity contribution >= 4 is 11.4 Å². The van der Waals surface area contributed by atoms with Crippen molar-refractivity contribution in [2.45, 2.75) is 5.92 Å². The van der Waals surface area contributed by atoms with Gasteiger partial charge in [-0.15, -0.1) is 0 Å². The van der Waals surface area contributed by atoms with Crippen molar-refractivity contribution in [2.24, 2.45) is 0 Å². The number of hydrogen-bond donors (Lipinski definition) is 0. The third kappa shape index (κ3) is 2.71. The zero-order chi connectivity index (χ0) is 14.7. The highest BCUT2D eigenvalue weighted by molar-refractivity contribution is 5.73. The standard InChI is InChI=1S/C18H19N3/c1-20-11-12-21(18-10-6-5-9-17(18)20)14-16(13-19)15-7-3-2-4-8-15/h2-10,16H,11-12,14H2,1H3. The van der Waals surface area contributed by atoms with Crippen LogP contribution >= 0.6 is 0 Å². The van der Waals surface area contributed by atoms with Crippen LogP contribution in [0.2, 0.25) is 0 Å². The van der Waals surface area contributed by atoms with Crippen molar-refractivity contribution in [1.82, 2.24) is 0 Å². The molecule has 106 valence electrons. The molecule has 0 radical (unpaired) electrons. The predicted octanol–water partition coefficient (Wildman–Crippen LogP) is 3.25. The van der Waals surface area contributed by atoms with E-state index in [0.29, 0.717) is 0 Å². The van der Waals surface area contributed by atoms with Crippen molar-refractivity contribution in [2.75, 3.05) is 36.5 Å². The van der Waals surface area contributed by atoms with Crippen LogP contribution in [-0.2, 0) is 0 Å². The zero-order valence-corrected chi connectivity index (χ0v) is 12.2. The molecule has 1 aliphatic rings. The molecule has 1 unspecified atom stereocenters. The van der Waals surface area contributed by atoms with Gasteiger partial charge in [0.25, 0.3) is 0 Å². The highest BCUT2D eigenvalue weighted by Crippen LogP contribution is 2.33. The summed E-state index contributed by atoms with van der Waals surface area (Å²) in [7, 11) is 2.12. The number of nitrogens with zero attached hydrogens (tertiary/aromatic N) is 3. The number of anilines is 2. The maximum Gasteiger partial charge on any atom is 0.0887 e. The van der Waals surface area contributed by atoms with E-state index in [0.717, 1.165) is 25.2 Å². The maximum atomic E-state index is 9.52. The minimum atomic E-state index is -0.0948. The Morgan fingerprint density at radius 1 is 1.00 bits per heavy atom.